The molecule has 0 saturated carbocycles. The molecule has 108 valence electrons. The van der Waals surface area contributed by atoms with Gasteiger partial charge in [0, 0.05) is 23.9 Å². The van der Waals surface area contributed by atoms with E-state index >= 15 is 0 Å². The molecule has 0 unspecified atom stereocenters. The molecule has 0 aliphatic rings. The van der Waals surface area contributed by atoms with Gasteiger partial charge in [0.25, 0.3) is 5.91 Å². The van der Waals surface area contributed by atoms with Gasteiger partial charge < -0.3 is 10.6 Å². The van der Waals surface area contributed by atoms with Crippen LogP contribution in [0, 0.1) is 6.92 Å². The van der Waals surface area contributed by atoms with Gasteiger partial charge in [0.05, 0.1) is 12.2 Å². The number of hydrogen-bond acceptors (Lipinski definition) is 3. The van der Waals surface area contributed by atoms with Gasteiger partial charge in [-0.05, 0) is 37.3 Å². The topological polar surface area (TPSA) is 71.1 Å². The number of anilines is 1. The molecule has 0 aliphatic carbocycles. The van der Waals surface area contributed by atoms with Crippen LogP contribution in [-0.4, -0.2) is 16.8 Å². The predicted molar refractivity (Wildman–Crippen MR) is 80.9 cm³/mol. The molecule has 1 aromatic carbocycles. The summed E-state index contributed by atoms with van der Waals surface area (Å²) in [5, 5.41) is 5.46. The second kappa shape index (κ2) is 6.65. The van der Waals surface area contributed by atoms with Gasteiger partial charge in [0.2, 0.25) is 5.91 Å². The molecule has 0 saturated heterocycles. The van der Waals surface area contributed by atoms with Gasteiger partial charge in [-0.25, -0.2) is 0 Å². The summed E-state index contributed by atoms with van der Waals surface area (Å²) in [6, 6.07) is 12.5. The summed E-state index contributed by atoms with van der Waals surface area (Å²) in [5.41, 5.74) is 2.81. The standard InChI is InChI=1S/C16H17N3O2/c1-11-5-3-8-15(18-11)10-17-16(21)13-6-4-7-14(9-13)19-12(2)20/h3-9H,10H2,1-2H3,(H,17,21)(H,19,20). The zero-order chi connectivity index (χ0) is 15.2. The van der Waals surface area contributed by atoms with Crippen molar-refractivity contribution >= 4 is 17.5 Å². The number of rotatable bonds is 4. The highest BCUT2D eigenvalue weighted by Crippen LogP contribution is 2.10. The SMILES string of the molecule is CC(=O)Nc1cccc(C(=O)NCc2cccc(C)n2)c1. The average Bonchev–Trinajstić information content (AvgIpc) is 2.44. The van der Waals surface area contributed by atoms with Crippen molar-refractivity contribution in [2.45, 2.75) is 20.4 Å². The third-order valence-electron chi connectivity index (χ3n) is 2.82. The highest BCUT2D eigenvalue weighted by atomic mass is 16.2. The highest BCUT2D eigenvalue weighted by molar-refractivity contribution is 5.96. The van der Waals surface area contributed by atoms with E-state index in [0.717, 1.165) is 11.4 Å². The molecular formula is C16H17N3O2. The molecule has 2 amide bonds. The van der Waals surface area contributed by atoms with Gasteiger partial charge in [-0.1, -0.05) is 12.1 Å². The molecule has 0 bridgehead atoms. The molecule has 5 heteroatoms. The first-order valence-electron chi connectivity index (χ1n) is 6.63. The molecule has 0 aliphatic heterocycles. The Balaban J connectivity index is 2.01. The number of aryl methyl sites for hydroxylation is 1. The number of hydrogen-bond donors (Lipinski definition) is 2. The van der Waals surface area contributed by atoms with Crippen molar-refractivity contribution in [1.29, 1.82) is 0 Å². The fourth-order valence-electron chi connectivity index (χ4n) is 1.91. The first-order chi connectivity index (χ1) is 10.0. The molecule has 1 heterocycles. The lowest BCUT2D eigenvalue weighted by atomic mass is 10.2. The summed E-state index contributed by atoms with van der Waals surface area (Å²) in [6.45, 7) is 3.70. The lowest BCUT2D eigenvalue weighted by Gasteiger charge is -2.07. The fraction of sp³-hybridized carbons (Fsp3) is 0.188. The van der Waals surface area contributed by atoms with E-state index in [1.807, 2.05) is 25.1 Å². The molecule has 5 nitrogen and oxygen atoms in total. The van der Waals surface area contributed by atoms with Crippen LogP contribution in [0.2, 0.25) is 0 Å². The zero-order valence-corrected chi connectivity index (χ0v) is 12.0. The molecular weight excluding hydrogens is 266 g/mol. The molecule has 0 radical (unpaired) electrons. The van der Waals surface area contributed by atoms with Crippen LogP contribution < -0.4 is 10.6 Å². The number of benzene rings is 1. The molecule has 2 rings (SSSR count). The second-order valence-corrected chi connectivity index (χ2v) is 4.71. The van der Waals surface area contributed by atoms with Crippen molar-refractivity contribution in [3.63, 3.8) is 0 Å². The van der Waals surface area contributed by atoms with Crippen LogP contribution in [-0.2, 0) is 11.3 Å². The molecule has 0 spiro atoms. The van der Waals surface area contributed by atoms with Gasteiger partial charge in [-0.3, -0.25) is 14.6 Å². The maximum absolute atomic E-state index is 12.1. The summed E-state index contributed by atoms with van der Waals surface area (Å²) in [5.74, 6) is -0.373. The highest BCUT2D eigenvalue weighted by Gasteiger charge is 2.07. The van der Waals surface area contributed by atoms with Crippen molar-refractivity contribution in [2.24, 2.45) is 0 Å². The predicted octanol–water partition coefficient (Wildman–Crippen LogP) is 2.28. The van der Waals surface area contributed by atoms with E-state index < -0.39 is 0 Å². The lowest BCUT2D eigenvalue weighted by molar-refractivity contribution is -0.114. The fourth-order valence-corrected chi connectivity index (χ4v) is 1.91. The Bertz CT molecular complexity index is 668. The maximum atomic E-state index is 12.1. The second-order valence-electron chi connectivity index (χ2n) is 4.71. The van der Waals surface area contributed by atoms with Crippen molar-refractivity contribution in [1.82, 2.24) is 10.3 Å². The van der Waals surface area contributed by atoms with Crippen molar-refractivity contribution in [3.05, 3.63) is 59.4 Å². The van der Waals surface area contributed by atoms with Gasteiger partial charge >= 0.3 is 0 Å². The monoisotopic (exact) mass is 283 g/mol. The number of carbonyl (C=O) groups is 2. The van der Waals surface area contributed by atoms with Gasteiger partial charge in [0.1, 0.15) is 0 Å². The Morgan fingerprint density at radius 1 is 1.14 bits per heavy atom. The molecule has 0 atom stereocenters. The number of nitrogens with zero attached hydrogens (tertiary/aromatic N) is 1. The number of nitrogens with one attached hydrogen (secondary N) is 2. The van der Waals surface area contributed by atoms with Crippen LogP contribution in [0.5, 0.6) is 0 Å². The van der Waals surface area contributed by atoms with E-state index in [1.54, 1.807) is 24.3 Å². The van der Waals surface area contributed by atoms with E-state index in [1.165, 1.54) is 6.92 Å². The number of aromatic nitrogens is 1. The van der Waals surface area contributed by atoms with Gasteiger partial charge in [-0.2, -0.15) is 0 Å². The van der Waals surface area contributed by atoms with Crippen molar-refractivity contribution in [2.75, 3.05) is 5.32 Å². The minimum absolute atomic E-state index is 0.170. The summed E-state index contributed by atoms with van der Waals surface area (Å²) < 4.78 is 0. The first-order valence-corrected chi connectivity index (χ1v) is 6.63. The Kier molecular flexibility index (Phi) is 4.66. The summed E-state index contributed by atoms with van der Waals surface area (Å²) in [4.78, 5) is 27.4. The van der Waals surface area contributed by atoms with Gasteiger partial charge in [-0.15, -0.1) is 0 Å². The average molecular weight is 283 g/mol. The quantitative estimate of drug-likeness (QED) is 0.904. The van der Waals surface area contributed by atoms with Crippen molar-refractivity contribution in [3.8, 4) is 0 Å². The normalized spacial score (nSPS) is 10.0. The summed E-state index contributed by atoms with van der Waals surface area (Å²) in [7, 11) is 0. The van der Waals surface area contributed by atoms with E-state index in [2.05, 4.69) is 15.6 Å². The Labute approximate surface area is 123 Å². The van der Waals surface area contributed by atoms with E-state index in [9.17, 15) is 9.59 Å². The number of amides is 2. The number of pyridine rings is 1. The van der Waals surface area contributed by atoms with Crippen LogP contribution >= 0.6 is 0 Å². The molecule has 2 aromatic rings. The van der Waals surface area contributed by atoms with Crippen LogP contribution in [0.3, 0.4) is 0 Å². The number of carbonyl (C=O) groups excluding carboxylic acids is 2. The minimum atomic E-state index is -0.203. The largest absolute Gasteiger partial charge is 0.346 e. The van der Waals surface area contributed by atoms with Crippen molar-refractivity contribution < 1.29 is 9.59 Å². The van der Waals surface area contributed by atoms with E-state index in [-0.39, 0.29) is 11.8 Å². The summed E-state index contributed by atoms with van der Waals surface area (Å²) in [6.07, 6.45) is 0. The lowest BCUT2D eigenvalue weighted by Crippen LogP contribution is -2.23. The van der Waals surface area contributed by atoms with E-state index in [0.29, 0.717) is 17.8 Å². The smallest absolute Gasteiger partial charge is 0.251 e. The third kappa shape index (κ3) is 4.42. The Morgan fingerprint density at radius 2 is 1.90 bits per heavy atom. The molecule has 2 N–H and O–H groups in total. The van der Waals surface area contributed by atoms with Crippen LogP contribution in [0.1, 0.15) is 28.7 Å². The minimum Gasteiger partial charge on any atom is -0.346 e. The van der Waals surface area contributed by atoms with Gasteiger partial charge in [0.15, 0.2) is 0 Å². The van der Waals surface area contributed by atoms with Crippen LogP contribution in [0.25, 0.3) is 0 Å². The third-order valence-corrected chi connectivity index (χ3v) is 2.82. The molecule has 0 fully saturated rings. The Hall–Kier alpha value is -2.69. The van der Waals surface area contributed by atoms with E-state index in [4.69, 9.17) is 0 Å². The molecule has 1 aromatic heterocycles. The summed E-state index contributed by atoms with van der Waals surface area (Å²) >= 11 is 0. The van der Waals surface area contributed by atoms with Crippen LogP contribution in [0.15, 0.2) is 42.5 Å². The van der Waals surface area contributed by atoms with Crippen LogP contribution in [0.4, 0.5) is 5.69 Å². The molecule has 21 heavy (non-hydrogen) atoms. The first kappa shape index (κ1) is 14.7. The maximum Gasteiger partial charge on any atom is 0.251 e. The Morgan fingerprint density at radius 3 is 2.62 bits per heavy atom. The zero-order valence-electron chi connectivity index (χ0n) is 12.0.